The van der Waals surface area contributed by atoms with Crippen molar-refractivity contribution < 1.29 is 0 Å². The Kier molecular flexibility index (Phi) is 6.43. The Balaban J connectivity index is 4.11. The third-order valence-corrected chi connectivity index (χ3v) is 3.12. The van der Waals surface area contributed by atoms with Gasteiger partial charge in [-0.15, -0.1) is 11.6 Å². The molecule has 0 fully saturated rings. The van der Waals surface area contributed by atoms with E-state index in [9.17, 15) is 0 Å². The minimum atomic E-state index is -1.23. The fraction of sp³-hybridized carbons (Fsp3) is 1.00. The first kappa shape index (κ1) is 14.2. The Labute approximate surface area is 101 Å². The van der Waals surface area contributed by atoms with E-state index < -0.39 is 3.79 Å². The molecule has 0 radical (unpaired) electrons. The van der Waals surface area contributed by atoms with E-state index in [-0.39, 0.29) is 4.87 Å². The Hall–Kier alpha value is 1.16. The van der Waals surface area contributed by atoms with Crippen molar-refractivity contribution in [2.75, 3.05) is 0 Å². The van der Waals surface area contributed by atoms with Crippen molar-refractivity contribution in [3.05, 3.63) is 0 Å². The summed E-state index contributed by atoms with van der Waals surface area (Å²) in [6.45, 7) is 4.15. The third kappa shape index (κ3) is 7.13. The van der Waals surface area contributed by atoms with Crippen LogP contribution >= 0.6 is 46.4 Å². The lowest BCUT2D eigenvalue weighted by Crippen LogP contribution is -2.26. The van der Waals surface area contributed by atoms with Gasteiger partial charge in [-0.2, -0.15) is 0 Å². The highest BCUT2D eigenvalue weighted by Gasteiger charge is 2.34. The van der Waals surface area contributed by atoms with Crippen LogP contribution in [0.2, 0.25) is 0 Å². The van der Waals surface area contributed by atoms with Crippen molar-refractivity contribution in [2.45, 2.75) is 54.6 Å². The van der Waals surface area contributed by atoms with E-state index in [2.05, 4.69) is 6.92 Å². The molecule has 0 spiro atoms. The molecule has 1 atom stereocenters. The summed E-state index contributed by atoms with van der Waals surface area (Å²) in [7, 11) is 0. The molecule has 0 nitrogen and oxygen atoms in total. The number of hydrogen-bond acceptors (Lipinski definition) is 0. The molecule has 0 aromatic rings. The normalized spacial score (nSPS) is 17.1. The molecule has 0 amide bonds. The summed E-state index contributed by atoms with van der Waals surface area (Å²) in [5.74, 6) is 0. The maximum atomic E-state index is 6.33. The van der Waals surface area contributed by atoms with Crippen molar-refractivity contribution in [3.63, 3.8) is 0 Å². The molecule has 0 N–H and O–H groups in total. The first-order valence-corrected chi connectivity index (χ1v) is 6.10. The molecule has 0 aromatic carbocycles. The Bertz CT molecular complexity index is 141. The standard InChI is InChI=1S/C9H16Cl4/c1-3-5-6-8(10,4-2)7-9(11,12)13/h3-7H2,1-2H3. The van der Waals surface area contributed by atoms with Crippen LogP contribution < -0.4 is 0 Å². The molecule has 4 heteroatoms. The number of unbranched alkanes of at least 4 members (excludes halogenated alkanes) is 1. The minimum Gasteiger partial charge on any atom is -0.119 e. The summed E-state index contributed by atoms with van der Waals surface area (Å²) >= 11 is 23.5. The van der Waals surface area contributed by atoms with Crippen molar-refractivity contribution >= 4 is 46.4 Å². The van der Waals surface area contributed by atoms with Crippen LogP contribution in [0.25, 0.3) is 0 Å². The number of rotatable bonds is 5. The second-order valence-corrected chi connectivity index (χ2v) is 6.72. The first-order chi connectivity index (χ1) is 5.83. The molecule has 0 aliphatic rings. The van der Waals surface area contributed by atoms with Crippen molar-refractivity contribution in [1.29, 1.82) is 0 Å². The largest absolute Gasteiger partial charge is 0.192 e. The van der Waals surface area contributed by atoms with Gasteiger partial charge in [0.15, 0.2) is 3.79 Å². The van der Waals surface area contributed by atoms with Crippen molar-refractivity contribution in [1.82, 2.24) is 0 Å². The lowest BCUT2D eigenvalue weighted by atomic mass is 9.95. The molecular formula is C9H16Cl4. The van der Waals surface area contributed by atoms with E-state index in [0.717, 1.165) is 25.7 Å². The minimum absolute atomic E-state index is 0.346. The lowest BCUT2D eigenvalue weighted by molar-refractivity contribution is 0.462. The Morgan fingerprint density at radius 1 is 1.00 bits per heavy atom. The van der Waals surface area contributed by atoms with E-state index in [1.54, 1.807) is 0 Å². The molecule has 0 aliphatic carbocycles. The highest BCUT2D eigenvalue weighted by Crippen LogP contribution is 2.42. The van der Waals surface area contributed by atoms with Crippen LogP contribution in [-0.2, 0) is 0 Å². The van der Waals surface area contributed by atoms with Crippen LogP contribution in [0.15, 0.2) is 0 Å². The van der Waals surface area contributed by atoms with Crippen LogP contribution in [0.3, 0.4) is 0 Å². The molecular weight excluding hydrogens is 250 g/mol. The highest BCUT2D eigenvalue weighted by atomic mass is 35.6. The molecule has 1 unspecified atom stereocenters. The van der Waals surface area contributed by atoms with Gasteiger partial charge in [0.25, 0.3) is 0 Å². The van der Waals surface area contributed by atoms with Gasteiger partial charge in [-0.05, 0) is 12.8 Å². The Morgan fingerprint density at radius 2 is 1.54 bits per heavy atom. The summed E-state index contributed by atoms with van der Waals surface area (Å²) in [6.07, 6.45) is 4.37. The predicted molar refractivity (Wildman–Crippen MR) is 63.3 cm³/mol. The van der Waals surface area contributed by atoms with Gasteiger partial charge < -0.3 is 0 Å². The molecule has 80 valence electrons. The van der Waals surface area contributed by atoms with Gasteiger partial charge in [-0.1, -0.05) is 61.5 Å². The molecule has 0 saturated carbocycles. The predicted octanol–water partition coefficient (Wildman–Crippen LogP) is 5.32. The number of hydrogen-bond donors (Lipinski definition) is 0. The zero-order valence-electron chi connectivity index (χ0n) is 8.05. The van der Waals surface area contributed by atoms with Crippen LogP contribution in [0.1, 0.15) is 46.0 Å². The molecule has 0 aromatic heterocycles. The zero-order chi connectivity index (χ0) is 10.5. The average Bonchev–Trinajstić information content (AvgIpc) is 1.98. The maximum absolute atomic E-state index is 6.33. The van der Waals surface area contributed by atoms with E-state index in [1.807, 2.05) is 6.92 Å². The molecule has 0 rings (SSSR count). The first-order valence-electron chi connectivity index (χ1n) is 4.58. The summed E-state index contributed by atoms with van der Waals surface area (Å²) in [6, 6.07) is 0. The fourth-order valence-electron chi connectivity index (χ4n) is 1.24. The van der Waals surface area contributed by atoms with Gasteiger partial charge in [0.05, 0.1) is 0 Å². The van der Waals surface area contributed by atoms with E-state index in [0.29, 0.717) is 6.42 Å². The summed E-state index contributed by atoms with van der Waals surface area (Å²) in [4.78, 5) is -0.346. The average molecular weight is 266 g/mol. The topological polar surface area (TPSA) is 0 Å². The fourth-order valence-corrected chi connectivity index (χ4v) is 2.55. The second kappa shape index (κ2) is 5.90. The molecule has 0 aliphatic heterocycles. The summed E-state index contributed by atoms with van der Waals surface area (Å²) < 4.78 is -1.23. The lowest BCUT2D eigenvalue weighted by Gasteiger charge is -2.28. The van der Waals surface area contributed by atoms with Gasteiger partial charge in [-0.25, -0.2) is 0 Å². The zero-order valence-corrected chi connectivity index (χ0v) is 11.1. The van der Waals surface area contributed by atoms with E-state index in [1.165, 1.54) is 0 Å². The molecule has 0 bridgehead atoms. The summed E-state index contributed by atoms with van der Waals surface area (Å²) in [5.41, 5.74) is 0. The van der Waals surface area contributed by atoms with E-state index in [4.69, 9.17) is 46.4 Å². The third-order valence-electron chi connectivity index (χ3n) is 2.13. The SMILES string of the molecule is CCCCC(Cl)(CC)CC(Cl)(Cl)Cl. The van der Waals surface area contributed by atoms with Crippen LogP contribution in [0.5, 0.6) is 0 Å². The quantitative estimate of drug-likeness (QED) is 0.590. The monoisotopic (exact) mass is 264 g/mol. The van der Waals surface area contributed by atoms with Crippen LogP contribution in [-0.4, -0.2) is 8.67 Å². The van der Waals surface area contributed by atoms with Crippen LogP contribution in [0.4, 0.5) is 0 Å². The summed E-state index contributed by atoms with van der Waals surface area (Å²) in [5, 5.41) is 0. The molecule has 0 saturated heterocycles. The number of alkyl halides is 4. The van der Waals surface area contributed by atoms with Gasteiger partial charge in [0, 0.05) is 11.3 Å². The Morgan fingerprint density at radius 3 is 1.85 bits per heavy atom. The van der Waals surface area contributed by atoms with Crippen LogP contribution in [0, 0.1) is 0 Å². The van der Waals surface area contributed by atoms with Gasteiger partial charge >= 0.3 is 0 Å². The van der Waals surface area contributed by atoms with Gasteiger partial charge in [0.1, 0.15) is 0 Å². The van der Waals surface area contributed by atoms with Gasteiger partial charge in [-0.3, -0.25) is 0 Å². The molecule has 0 heterocycles. The second-order valence-electron chi connectivity index (χ2n) is 3.40. The van der Waals surface area contributed by atoms with Gasteiger partial charge in [0.2, 0.25) is 0 Å². The van der Waals surface area contributed by atoms with E-state index >= 15 is 0 Å². The smallest absolute Gasteiger partial charge is 0.119 e. The maximum Gasteiger partial charge on any atom is 0.192 e. The highest BCUT2D eigenvalue weighted by molar-refractivity contribution is 6.67. The van der Waals surface area contributed by atoms with Crippen molar-refractivity contribution in [3.8, 4) is 0 Å². The van der Waals surface area contributed by atoms with Crippen molar-refractivity contribution in [2.24, 2.45) is 0 Å². The number of halogens is 4. The molecule has 13 heavy (non-hydrogen) atoms.